The first-order valence-corrected chi connectivity index (χ1v) is 51.6. The lowest BCUT2D eigenvalue weighted by Gasteiger charge is -2.11. The van der Waals surface area contributed by atoms with Gasteiger partial charge in [0, 0.05) is 98.8 Å². The molecule has 702 valence electrons. The van der Waals surface area contributed by atoms with Gasteiger partial charge >= 0.3 is 0 Å². The first kappa shape index (κ1) is 87.8. The number of hydrogen-bond acceptors (Lipinski definition) is 0. The van der Waals surface area contributed by atoms with Crippen molar-refractivity contribution in [1.82, 2.24) is 27.4 Å². The lowest BCUT2D eigenvalue weighted by atomic mass is 9.99. The molecule has 0 aliphatic heterocycles. The van der Waals surface area contributed by atoms with Crippen molar-refractivity contribution >= 4 is 131 Å². The van der Waals surface area contributed by atoms with Gasteiger partial charge in [0.2, 0.25) is 0 Å². The molecule has 0 radical (unpaired) electrons. The second-order valence-electron chi connectivity index (χ2n) is 39.0. The topological polar surface area (TPSA) is 29.6 Å². The molecule has 0 amide bonds. The summed E-state index contributed by atoms with van der Waals surface area (Å²) < 4.78 is 14.4. The van der Waals surface area contributed by atoms with Gasteiger partial charge < -0.3 is 27.4 Å². The summed E-state index contributed by atoms with van der Waals surface area (Å²) in [5.41, 5.74) is 43.3. The van der Waals surface area contributed by atoms with Crippen LogP contribution in [0.25, 0.3) is 265 Å². The van der Waals surface area contributed by atoms with Crippen LogP contribution in [0.5, 0.6) is 0 Å². The molecule has 150 heavy (non-hydrogen) atoms. The smallest absolute Gasteiger partial charge is 0.0547 e. The normalized spacial score (nSPS) is 11.6. The van der Waals surface area contributed by atoms with Gasteiger partial charge in [-0.1, -0.05) is 394 Å². The van der Waals surface area contributed by atoms with Crippen LogP contribution in [0.4, 0.5) is 0 Å². The van der Waals surface area contributed by atoms with Gasteiger partial charge in [-0.05, 0) is 288 Å². The molecule has 0 atom stereocenters. The van der Waals surface area contributed by atoms with Gasteiger partial charge in [-0.25, -0.2) is 0 Å². The minimum atomic E-state index is 1.15. The highest BCUT2D eigenvalue weighted by Gasteiger charge is 2.25. The van der Waals surface area contributed by atoms with E-state index in [0.717, 1.165) is 22.7 Å². The second kappa shape index (κ2) is 37.4. The summed E-state index contributed by atoms with van der Waals surface area (Å²) in [6, 6.07) is 211. The van der Waals surface area contributed by atoms with Crippen LogP contribution in [0.15, 0.2) is 582 Å². The predicted molar refractivity (Wildman–Crippen MR) is 634 cm³/mol. The average Bonchev–Trinajstić information content (AvgIpc) is 1.60. The molecule has 6 heterocycles. The van der Waals surface area contributed by atoms with Crippen molar-refractivity contribution in [3.63, 3.8) is 0 Å². The van der Waals surface area contributed by atoms with Crippen molar-refractivity contribution in [2.45, 2.75) is 0 Å². The van der Waals surface area contributed by atoms with E-state index in [1.54, 1.807) is 0 Å². The van der Waals surface area contributed by atoms with Crippen LogP contribution >= 0.6 is 0 Å². The molecule has 0 saturated carbocycles. The van der Waals surface area contributed by atoms with Gasteiger partial charge in [0.15, 0.2) is 0 Å². The summed E-state index contributed by atoms with van der Waals surface area (Å²) >= 11 is 0. The summed E-state index contributed by atoms with van der Waals surface area (Å²) in [6.07, 6.45) is 0. The first-order valence-electron chi connectivity index (χ1n) is 51.6. The van der Waals surface area contributed by atoms with E-state index in [4.69, 9.17) is 0 Å². The van der Waals surface area contributed by atoms with E-state index < -0.39 is 0 Å². The maximum atomic E-state index is 2.42. The highest BCUT2D eigenvalue weighted by Crippen LogP contribution is 2.47. The van der Waals surface area contributed by atoms with E-state index in [9.17, 15) is 0 Å². The highest BCUT2D eigenvalue weighted by molar-refractivity contribution is 6.18. The third-order valence-corrected chi connectivity index (χ3v) is 30.3. The number of para-hydroxylation sites is 6. The highest BCUT2D eigenvalue weighted by atomic mass is 15.0. The van der Waals surface area contributed by atoms with E-state index >= 15 is 0 Å². The summed E-state index contributed by atoms with van der Waals surface area (Å²) in [6.45, 7) is 0. The molecule has 6 heteroatoms. The fourth-order valence-electron chi connectivity index (χ4n) is 23.2. The molecule has 30 rings (SSSR count). The third-order valence-electron chi connectivity index (χ3n) is 30.3. The number of benzene rings is 24. The maximum Gasteiger partial charge on any atom is 0.0547 e. The Morgan fingerprint density at radius 1 is 0.0733 bits per heavy atom. The number of aromatic nitrogens is 6. The van der Waals surface area contributed by atoms with Crippen molar-refractivity contribution in [2.24, 2.45) is 0 Å². The molecule has 0 bridgehead atoms. The van der Waals surface area contributed by atoms with E-state index in [0.29, 0.717) is 0 Å². The van der Waals surface area contributed by atoms with Crippen molar-refractivity contribution in [2.75, 3.05) is 0 Å². The first-order chi connectivity index (χ1) is 74.4. The molecular weight excluding hydrogens is 1810 g/mol. The van der Waals surface area contributed by atoms with Crippen molar-refractivity contribution < 1.29 is 0 Å². The zero-order valence-corrected chi connectivity index (χ0v) is 82.1. The molecule has 0 fully saturated rings. The van der Waals surface area contributed by atoms with E-state index in [-0.39, 0.29) is 0 Å². The van der Waals surface area contributed by atoms with Crippen LogP contribution in [0, 0.1) is 0 Å². The monoisotopic (exact) mass is 1910 g/mol. The van der Waals surface area contributed by atoms with Crippen LogP contribution < -0.4 is 0 Å². The van der Waals surface area contributed by atoms with Gasteiger partial charge in [0.05, 0.1) is 66.2 Å². The SMILES string of the molecule is c1ccc(-c2ccc(-n3c4ccc(-c5ccc6c(c5)c5ccccc5n6-c5ccccc5)cc4c4ccc(-c5ccccc5)cc43)cc2)cc1.c1ccc(-c2cccc(-n3c4ccccc4c4cc(-c5ccc6c(c5)c5cc(-c7ccccc7)ccc5n6-c5ccccc5)ccc43)c2)cc1.c1ccc(-c2cccc(-n3c4ccccc4c4cc(-c5ccc6c(c5)c5ccc(-c7ccccc7)cc5n6-c5ccccc5)ccc43)c2)cc1. The molecular formula is C144H96N6. The molecule has 6 aromatic heterocycles. The quantitative estimate of drug-likeness (QED) is 0.0979. The molecule has 24 aromatic carbocycles. The zero-order chi connectivity index (χ0) is 99.1. The van der Waals surface area contributed by atoms with Crippen LogP contribution in [-0.4, -0.2) is 27.4 Å². The molecule has 0 N–H and O–H groups in total. The summed E-state index contributed by atoms with van der Waals surface area (Å²) in [5, 5.41) is 15.0. The Morgan fingerprint density at radius 3 is 0.500 bits per heavy atom. The molecule has 0 spiro atoms. The Hall–Kier alpha value is -19.9. The van der Waals surface area contributed by atoms with Crippen LogP contribution in [-0.2, 0) is 0 Å². The predicted octanol–water partition coefficient (Wildman–Crippen LogP) is 38.6. The zero-order valence-electron chi connectivity index (χ0n) is 82.1. The Morgan fingerprint density at radius 2 is 0.227 bits per heavy atom. The molecule has 0 saturated heterocycles. The Labute approximate surface area is 868 Å². The molecule has 0 aliphatic carbocycles. The Kier molecular flexibility index (Phi) is 21.9. The lowest BCUT2D eigenvalue weighted by Crippen LogP contribution is -1.94. The number of rotatable bonds is 15. The number of nitrogens with zero attached hydrogens (tertiary/aromatic N) is 6. The van der Waals surface area contributed by atoms with E-state index in [1.165, 1.54) is 242 Å². The van der Waals surface area contributed by atoms with Gasteiger partial charge in [-0.3, -0.25) is 0 Å². The van der Waals surface area contributed by atoms with E-state index in [1.807, 2.05) is 0 Å². The second-order valence-corrected chi connectivity index (χ2v) is 39.0. The van der Waals surface area contributed by atoms with E-state index in [2.05, 4.69) is 610 Å². The lowest BCUT2D eigenvalue weighted by molar-refractivity contribution is 1.18. The van der Waals surface area contributed by atoms with Gasteiger partial charge in [-0.15, -0.1) is 0 Å². The van der Waals surface area contributed by atoms with Crippen LogP contribution in [0.3, 0.4) is 0 Å². The standard InChI is InChI=1S/3C48H32N2/c1-4-13-33(14-5-1)35-17-12-20-40(29-35)50-45-22-11-10-21-41(45)43-30-36(25-28-47(43)50)37-24-27-46-44(31-37)42-26-23-38(34-15-6-2-7-16-34)32-48(42)49(46)39-18-8-3-9-19-39;1-4-13-33(14-5-1)35-17-12-20-40(29-35)50-45-22-11-10-21-41(45)42-31-37(24-27-46(42)50)38-25-28-48-44(32-38)43-30-36(34-15-6-2-7-16-34)23-26-47(43)49(48)39-18-8-3-9-19-39;1-4-12-33(13-5-1)35-20-25-40(26-21-35)50-47-29-24-37(31-44(47)42-27-22-38(32-48(42)50)34-14-6-2-7-15-34)36-23-28-46-43(30-36)41-18-10-11-19-45(41)49(46)39-16-8-3-9-17-39/h3*1-32H. The molecule has 0 aliphatic rings. The largest absolute Gasteiger partial charge is 0.309 e. The maximum absolute atomic E-state index is 2.42. The summed E-state index contributed by atoms with van der Waals surface area (Å²) in [5.74, 6) is 0. The third kappa shape index (κ3) is 15.6. The fourth-order valence-corrected chi connectivity index (χ4v) is 23.2. The minimum absolute atomic E-state index is 1.15. The van der Waals surface area contributed by atoms with Gasteiger partial charge in [0.1, 0.15) is 0 Å². The van der Waals surface area contributed by atoms with Crippen molar-refractivity contribution in [3.05, 3.63) is 582 Å². The van der Waals surface area contributed by atoms with Crippen LogP contribution in [0.1, 0.15) is 0 Å². The minimum Gasteiger partial charge on any atom is -0.309 e. The molecule has 6 nitrogen and oxygen atoms in total. The van der Waals surface area contributed by atoms with Crippen molar-refractivity contribution in [1.29, 1.82) is 0 Å². The Bertz CT molecular complexity index is 10400. The average molecular weight is 1910 g/mol. The molecule has 30 aromatic rings. The summed E-state index contributed by atoms with van der Waals surface area (Å²) in [7, 11) is 0. The molecule has 0 unspecified atom stereocenters. The van der Waals surface area contributed by atoms with Crippen LogP contribution in [0.2, 0.25) is 0 Å². The van der Waals surface area contributed by atoms with Crippen molar-refractivity contribution in [3.8, 4) is 134 Å². The van der Waals surface area contributed by atoms with Gasteiger partial charge in [-0.2, -0.15) is 0 Å². The Balaban J connectivity index is 0.000000108. The number of fused-ring (bicyclic) bond motifs is 18. The van der Waals surface area contributed by atoms with Gasteiger partial charge in [0.25, 0.3) is 0 Å². The summed E-state index contributed by atoms with van der Waals surface area (Å²) in [4.78, 5) is 0. The fraction of sp³-hybridized carbons (Fsp3) is 0. The number of hydrogen-bond donors (Lipinski definition) is 0.